The van der Waals surface area contributed by atoms with Gasteiger partial charge in [-0.25, -0.2) is 4.98 Å². The van der Waals surface area contributed by atoms with Gasteiger partial charge in [0.25, 0.3) is 0 Å². The van der Waals surface area contributed by atoms with Gasteiger partial charge >= 0.3 is 0 Å². The summed E-state index contributed by atoms with van der Waals surface area (Å²) >= 11 is 5.97. The molecule has 0 saturated carbocycles. The maximum Gasteiger partial charge on any atom is 0.155 e. The Morgan fingerprint density at radius 3 is 2.94 bits per heavy atom. The Balaban J connectivity index is 2.27. The van der Waals surface area contributed by atoms with E-state index < -0.39 is 0 Å². The molecule has 0 saturated heterocycles. The van der Waals surface area contributed by atoms with Crippen molar-refractivity contribution in [2.24, 2.45) is 0 Å². The summed E-state index contributed by atoms with van der Waals surface area (Å²) in [6, 6.07) is 9.37. The SMILES string of the molecule is Nc1cnc2[nH]nc(-c3cccc(Cl)c3)c2c1. The summed E-state index contributed by atoms with van der Waals surface area (Å²) < 4.78 is 0. The molecule has 0 unspecified atom stereocenters. The molecule has 2 aromatic heterocycles. The topological polar surface area (TPSA) is 67.6 Å². The Morgan fingerprint density at radius 2 is 2.12 bits per heavy atom. The van der Waals surface area contributed by atoms with Crippen LogP contribution in [0, 0.1) is 0 Å². The summed E-state index contributed by atoms with van der Waals surface area (Å²) in [6.45, 7) is 0. The molecule has 84 valence electrons. The van der Waals surface area contributed by atoms with E-state index in [2.05, 4.69) is 15.2 Å². The van der Waals surface area contributed by atoms with Crippen LogP contribution in [-0.4, -0.2) is 15.2 Å². The third-order valence-corrected chi connectivity index (χ3v) is 2.77. The normalized spacial score (nSPS) is 10.9. The van der Waals surface area contributed by atoms with Crippen molar-refractivity contribution in [3.63, 3.8) is 0 Å². The number of nitrogens with zero attached hydrogens (tertiary/aromatic N) is 2. The van der Waals surface area contributed by atoms with Gasteiger partial charge in [-0.2, -0.15) is 5.10 Å². The average molecular weight is 245 g/mol. The quantitative estimate of drug-likeness (QED) is 0.692. The van der Waals surface area contributed by atoms with E-state index in [1.807, 2.05) is 30.3 Å². The Morgan fingerprint density at radius 1 is 1.24 bits per heavy atom. The third kappa shape index (κ3) is 1.72. The molecule has 0 radical (unpaired) electrons. The Hall–Kier alpha value is -2.07. The number of rotatable bonds is 1. The second-order valence-electron chi connectivity index (χ2n) is 3.75. The molecule has 5 heteroatoms. The van der Waals surface area contributed by atoms with Gasteiger partial charge in [-0.15, -0.1) is 0 Å². The lowest BCUT2D eigenvalue weighted by Gasteiger charge is -1.98. The number of aromatic nitrogens is 3. The summed E-state index contributed by atoms with van der Waals surface area (Å²) in [4.78, 5) is 4.17. The monoisotopic (exact) mass is 244 g/mol. The van der Waals surface area contributed by atoms with Crippen LogP contribution in [0.5, 0.6) is 0 Å². The zero-order valence-corrected chi connectivity index (χ0v) is 9.57. The van der Waals surface area contributed by atoms with Gasteiger partial charge < -0.3 is 5.73 Å². The van der Waals surface area contributed by atoms with Crippen molar-refractivity contribution in [3.05, 3.63) is 41.6 Å². The summed E-state index contributed by atoms with van der Waals surface area (Å²) in [5.41, 5.74) is 8.81. The van der Waals surface area contributed by atoms with E-state index in [-0.39, 0.29) is 0 Å². The number of H-pyrrole nitrogens is 1. The van der Waals surface area contributed by atoms with E-state index in [0.29, 0.717) is 16.4 Å². The van der Waals surface area contributed by atoms with Gasteiger partial charge in [0, 0.05) is 16.0 Å². The van der Waals surface area contributed by atoms with Crippen LogP contribution in [0.15, 0.2) is 36.5 Å². The van der Waals surface area contributed by atoms with Crippen LogP contribution in [0.2, 0.25) is 5.02 Å². The van der Waals surface area contributed by atoms with Crippen LogP contribution in [0.1, 0.15) is 0 Å². The molecule has 1 aromatic carbocycles. The average Bonchev–Trinajstić information content (AvgIpc) is 2.71. The molecule has 2 heterocycles. The Kier molecular flexibility index (Phi) is 2.23. The lowest BCUT2D eigenvalue weighted by Crippen LogP contribution is -1.86. The molecule has 0 atom stereocenters. The maximum atomic E-state index is 5.97. The van der Waals surface area contributed by atoms with E-state index in [9.17, 15) is 0 Å². The molecule has 0 spiro atoms. The second kappa shape index (κ2) is 3.75. The van der Waals surface area contributed by atoms with Crippen LogP contribution < -0.4 is 5.73 Å². The molecule has 0 bridgehead atoms. The molecular formula is C12H9ClN4. The highest BCUT2D eigenvalue weighted by Gasteiger charge is 2.09. The van der Waals surface area contributed by atoms with Crippen molar-refractivity contribution in [2.75, 3.05) is 5.73 Å². The highest BCUT2D eigenvalue weighted by atomic mass is 35.5. The molecule has 3 rings (SSSR count). The minimum atomic E-state index is 0.613. The lowest BCUT2D eigenvalue weighted by atomic mass is 10.1. The van der Waals surface area contributed by atoms with E-state index in [0.717, 1.165) is 16.6 Å². The number of halogens is 1. The van der Waals surface area contributed by atoms with Gasteiger partial charge in [-0.3, -0.25) is 5.10 Å². The van der Waals surface area contributed by atoms with Gasteiger partial charge in [0.15, 0.2) is 5.65 Å². The summed E-state index contributed by atoms with van der Waals surface area (Å²) in [6.07, 6.45) is 1.60. The minimum absolute atomic E-state index is 0.613. The molecule has 4 nitrogen and oxygen atoms in total. The fourth-order valence-corrected chi connectivity index (χ4v) is 1.97. The largest absolute Gasteiger partial charge is 0.397 e. The van der Waals surface area contributed by atoms with Crippen molar-refractivity contribution in [3.8, 4) is 11.3 Å². The van der Waals surface area contributed by atoms with Crippen LogP contribution in [0.25, 0.3) is 22.3 Å². The van der Waals surface area contributed by atoms with Crippen LogP contribution in [-0.2, 0) is 0 Å². The van der Waals surface area contributed by atoms with E-state index >= 15 is 0 Å². The van der Waals surface area contributed by atoms with Crippen molar-refractivity contribution in [1.82, 2.24) is 15.2 Å². The van der Waals surface area contributed by atoms with Gasteiger partial charge in [0.1, 0.15) is 5.69 Å². The minimum Gasteiger partial charge on any atom is -0.397 e. The molecular weight excluding hydrogens is 236 g/mol. The van der Waals surface area contributed by atoms with Gasteiger partial charge in [-0.05, 0) is 18.2 Å². The number of fused-ring (bicyclic) bond motifs is 1. The number of pyridine rings is 1. The molecule has 0 aliphatic heterocycles. The molecule has 3 aromatic rings. The maximum absolute atomic E-state index is 5.97. The predicted molar refractivity (Wildman–Crippen MR) is 68.7 cm³/mol. The summed E-state index contributed by atoms with van der Waals surface area (Å²) in [5, 5.41) is 8.69. The molecule has 17 heavy (non-hydrogen) atoms. The molecule has 3 N–H and O–H groups in total. The first-order chi connectivity index (χ1) is 8.24. The number of nitrogens with two attached hydrogens (primary N) is 1. The fourth-order valence-electron chi connectivity index (χ4n) is 1.78. The number of hydrogen-bond acceptors (Lipinski definition) is 3. The number of benzene rings is 1. The van der Waals surface area contributed by atoms with E-state index in [4.69, 9.17) is 17.3 Å². The predicted octanol–water partition coefficient (Wildman–Crippen LogP) is 2.86. The van der Waals surface area contributed by atoms with Crippen molar-refractivity contribution in [2.45, 2.75) is 0 Å². The Bertz CT molecular complexity index is 690. The first kappa shape index (κ1) is 10.1. The third-order valence-electron chi connectivity index (χ3n) is 2.54. The summed E-state index contributed by atoms with van der Waals surface area (Å²) in [5.74, 6) is 0. The molecule has 0 aliphatic carbocycles. The van der Waals surface area contributed by atoms with Crippen molar-refractivity contribution in [1.29, 1.82) is 0 Å². The lowest BCUT2D eigenvalue weighted by molar-refractivity contribution is 1.10. The van der Waals surface area contributed by atoms with E-state index in [1.165, 1.54) is 0 Å². The van der Waals surface area contributed by atoms with Gasteiger partial charge in [-0.1, -0.05) is 23.7 Å². The standard InChI is InChI=1S/C12H9ClN4/c13-8-3-1-2-7(4-8)11-10-5-9(14)6-15-12(10)17-16-11/h1-6H,14H2,(H,15,16,17). The van der Waals surface area contributed by atoms with Crippen LogP contribution >= 0.6 is 11.6 Å². The van der Waals surface area contributed by atoms with Crippen molar-refractivity contribution < 1.29 is 0 Å². The Labute approximate surface area is 102 Å². The van der Waals surface area contributed by atoms with E-state index in [1.54, 1.807) is 6.20 Å². The highest BCUT2D eigenvalue weighted by Crippen LogP contribution is 2.27. The van der Waals surface area contributed by atoms with Crippen LogP contribution in [0.4, 0.5) is 5.69 Å². The van der Waals surface area contributed by atoms with Crippen molar-refractivity contribution >= 4 is 28.3 Å². The number of nitrogen functional groups attached to an aromatic ring is 1. The first-order valence-corrected chi connectivity index (χ1v) is 5.47. The van der Waals surface area contributed by atoms with Gasteiger partial charge in [0.2, 0.25) is 0 Å². The van der Waals surface area contributed by atoms with Crippen LogP contribution in [0.3, 0.4) is 0 Å². The second-order valence-corrected chi connectivity index (χ2v) is 4.18. The highest BCUT2D eigenvalue weighted by molar-refractivity contribution is 6.30. The first-order valence-electron chi connectivity index (χ1n) is 5.09. The number of hydrogen-bond donors (Lipinski definition) is 2. The summed E-state index contributed by atoms with van der Waals surface area (Å²) in [7, 11) is 0. The smallest absolute Gasteiger partial charge is 0.155 e. The molecule has 0 aliphatic rings. The molecule has 0 fully saturated rings. The zero-order chi connectivity index (χ0) is 11.8. The number of anilines is 1. The zero-order valence-electron chi connectivity index (χ0n) is 8.81. The number of nitrogens with one attached hydrogen (secondary N) is 1. The van der Waals surface area contributed by atoms with Gasteiger partial charge in [0.05, 0.1) is 11.9 Å². The number of aromatic amines is 1. The molecule has 0 amide bonds. The fraction of sp³-hybridized carbons (Fsp3) is 0.